The van der Waals surface area contributed by atoms with Gasteiger partial charge < -0.3 is 5.73 Å². The minimum absolute atomic E-state index is 0.530. The molecule has 1 aliphatic carbocycles. The summed E-state index contributed by atoms with van der Waals surface area (Å²) in [6, 6.07) is 3.86. The van der Waals surface area contributed by atoms with E-state index in [2.05, 4.69) is 0 Å². The summed E-state index contributed by atoms with van der Waals surface area (Å²) in [5.74, 6) is -0.530. The molecule has 3 heteroatoms. The van der Waals surface area contributed by atoms with Crippen LogP contribution < -0.4 is 5.73 Å². The second kappa shape index (κ2) is 2.57. The van der Waals surface area contributed by atoms with Gasteiger partial charge in [0.15, 0.2) is 0 Å². The molecule has 2 N–H and O–H groups in total. The molecule has 0 saturated carbocycles. The summed E-state index contributed by atoms with van der Waals surface area (Å²) in [6.07, 6.45) is 6.57. The number of allylic oxidation sites excluding steroid dienone is 2. The molecule has 2 unspecified atom stereocenters. The number of nitrogens with zero attached hydrogens (tertiary/aromatic N) is 2. The average molecular weight is 145 g/mol. The van der Waals surface area contributed by atoms with Crippen molar-refractivity contribution in [2.75, 3.05) is 0 Å². The molecule has 0 spiro atoms. The van der Waals surface area contributed by atoms with Gasteiger partial charge in [0.1, 0.15) is 5.54 Å². The molecule has 0 aliphatic heterocycles. The first-order valence-corrected chi connectivity index (χ1v) is 3.19. The summed E-state index contributed by atoms with van der Waals surface area (Å²) in [7, 11) is 0. The standard InChI is InChI=1S/C8H7N3/c9-5-7-3-1-2-4-8(7,11)6-10/h1-4,7H,11H2. The molecule has 0 amide bonds. The summed E-state index contributed by atoms with van der Waals surface area (Å²) in [4.78, 5) is 0. The van der Waals surface area contributed by atoms with Crippen LogP contribution in [0.2, 0.25) is 0 Å². The first kappa shape index (κ1) is 7.53. The summed E-state index contributed by atoms with van der Waals surface area (Å²) in [6.45, 7) is 0. The Morgan fingerprint density at radius 2 is 2.09 bits per heavy atom. The zero-order valence-electron chi connectivity index (χ0n) is 5.86. The van der Waals surface area contributed by atoms with Gasteiger partial charge in [0.05, 0.1) is 18.1 Å². The van der Waals surface area contributed by atoms with E-state index in [1.165, 1.54) is 0 Å². The third-order valence-electron chi connectivity index (χ3n) is 1.63. The van der Waals surface area contributed by atoms with Crippen LogP contribution in [0.5, 0.6) is 0 Å². The molecule has 0 aromatic heterocycles. The average Bonchev–Trinajstić information content (AvgIpc) is 2.05. The molecular formula is C8H7N3. The highest BCUT2D eigenvalue weighted by Crippen LogP contribution is 2.20. The normalized spacial score (nSPS) is 34.3. The van der Waals surface area contributed by atoms with Crippen LogP contribution in [0.25, 0.3) is 0 Å². The van der Waals surface area contributed by atoms with Crippen molar-refractivity contribution in [1.29, 1.82) is 10.5 Å². The summed E-state index contributed by atoms with van der Waals surface area (Å²) in [5.41, 5.74) is 4.46. The summed E-state index contributed by atoms with van der Waals surface area (Å²) >= 11 is 0. The zero-order valence-corrected chi connectivity index (χ0v) is 5.86. The maximum Gasteiger partial charge on any atom is 0.142 e. The Morgan fingerprint density at radius 1 is 1.36 bits per heavy atom. The number of hydrogen-bond donors (Lipinski definition) is 1. The van der Waals surface area contributed by atoms with Crippen LogP contribution in [0.15, 0.2) is 24.3 Å². The van der Waals surface area contributed by atoms with Gasteiger partial charge in [0, 0.05) is 0 Å². The van der Waals surface area contributed by atoms with E-state index in [4.69, 9.17) is 16.3 Å². The molecule has 0 heterocycles. The number of nitriles is 2. The van der Waals surface area contributed by atoms with E-state index in [1.807, 2.05) is 12.1 Å². The van der Waals surface area contributed by atoms with Crippen molar-refractivity contribution in [3.8, 4) is 12.1 Å². The van der Waals surface area contributed by atoms with E-state index in [-0.39, 0.29) is 0 Å². The molecule has 0 fully saturated rings. The number of nitrogens with two attached hydrogens (primary N) is 1. The molecule has 1 rings (SSSR count). The van der Waals surface area contributed by atoms with Crippen LogP contribution in [0, 0.1) is 28.6 Å². The molecule has 3 nitrogen and oxygen atoms in total. The van der Waals surface area contributed by atoms with E-state index >= 15 is 0 Å². The fraction of sp³-hybridized carbons (Fsp3) is 0.250. The van der Waals surface area contributed by atoms with Crippen LogP contribution in [0.4, 0.5) is 0 Å². The van der Waals surface area contributed by atoms with Crippen LogP contribution in [-0.2, 0) is 0 Å². The maximum atomic E-state index is 8.64. The topological polar surface area (TPSA) is 73.6 Å². The maximum absolute atomic E-state index is 8.64. The van der Waals surface area contributed by atoms with E-state index in [1.54, 1.807) is 24.3 Å². The van der Waals surface area contributed by atoms with Crippen LogP contribution in [0.3, 0.4) is 0 Å². The highest BCUT2D eigenvalue weighted by Gasteiger charge is 2.32. The Balaban J connectivity index is 3.00. The van der Waals surface area contributed by atoms with Gasteiger partial charge in [-0.3, -0.25) is 0 Å². The molecule has 0 aromatic carbocycles. The lowest BCUT2D eigenvalue weighted by Crippen LogP contribution is -2.43. The SMILES string of the molecule is N#CC1C=CC=CC1(N)C#N. The van der Waals surface area contributed by atoms with Crippen molar-refractivity contribution in [2.45, 2.75) is 5.54 Å². The first-order chi connectivity index (χ1) is 5.23. The van der Waals surface area contributed by atoms with E-state index in [0.29, 0.717) is 0 Å². The molecule has 2 atom stereocenters. The molecule has 0 bridgehead atoms. The predicted molar refractivity (Wildman–Crippen MR) is 39.9 cm³/mol. The van der Waals surface area contributed by atoms with Crippen molar-refractivity contribution >= 4 is 0 Å². The first-order valence-electron chi connectivity index (χ1n) is 3.19. The van der Waals surface area contributed by atoms with Crippen molar-refractivity contribution in [3.63, 3.8) is 0 Å². The molecular weight excluding hydrogens is 138 g/mol. The van der Waals surface area contributed by atoms with Crippen LogP contribution in [0.1, 0.15) is 0 Å². The van der Waals surface area contributed by atoms with Crippen LogP contribution in [-0.4, -0.2) is 5.54 Å². The van der Waals surface area contributed by atoms with Gasteiger partial charge in [-0.25, -0.2) is 0 Å². The molecule has 11 heavy (non-hydrogen) atoms. The van der Waals surface area contributed by atoms with Gasteiger partial charge in [-0.1, -0.05) is 18.2 Å². The van der Waals surface area contributed by atoms with E-state index < -0.39 is 11.5 Å². The van der Waals surface area contributed by atoms with Gasteiger partial charge in [-0.15, -0.1) is 0 Å². The van der Waals surface area contributed by atoms with Gasteiger partial charge in [0.2, 0.25) is 0 Å². The van der Waals surface area contributed by atoms with Crippen molar-refractivity contribution in [2.24, 2.45) is 11.7 Å². The van der Waals surface area contributed by atoms with Crippen molar-refractivity contribution in [1.82, 2.24) is 0 Å². The second-order valence-corrected chi connectivity index (χ2v) is 2.40. The van der Waals surface area contributed by atoms with Crippen molar-refractivity contribution in [3.05, 3.63) is 24.3 Å². The molecule has 0 aromatic rings. The lowest BCUT2D eigenvalue weighted by Gasteiger charge is -2.21. The number of rotatable bonds is 0. The Labute approximate surface area is 65.0 Å². The van der Waals surface area contributed by atoms with Crippen molar-refractivity contribution < 1.29 is 0 Å². The molecule has 0 radical (unpaired) electrons. The quantitative estimate of drug-likeness (QED) is 0.538. The van der Waals surface area contributed by atoms with Crippen LogP contribution >= 0.6 is 0 Å². The van der Waals surface area contributed by atoms with Gasteiger partial charge in [-0.2, -0.15) is 10.5 Å². The highest BCUT2D eigenvalue weighted by atomic mass is 14.7. The van der Waals surface area contributed by atoms with E-state index in [0.717, 1.165) is 0 Å². The summed E-state index contributed by atoms with van der Waals surface area (Å²) < 4.78 is 0. The largest absolute Gasteiger partial charge is 0.309 e. The molecule has 0 saturated heterocycles. The van der Waals surface area contributed by atoms with Gasteiger partial charge in [0.25, 0.3) is 0 Å². The monoisotopic (exact) mass is 145 g/mol. The minimum atomic E-state index is -1.14. The lowest BCUT2D eigenvalue weighted by molar-refractivity contribution is 0.574. The third kappa shape index (κ3) is 1.14. The Bertz CT molecular complexity index is 289. The molecule has 54 valence electrons. The Hall–Kier alpha value is -1.58. The summed E-state index contributed by atoms with van der Waals surface area (Å²) in [5, 5.41) is 17.2. The zero-order chi connectivity index (χ0) is 8.32. The fourth-order valence-corrected chi connectivity index (χ4v) is 0.910. The van der Waals surface area contributed by atoms with E-state index in [9.17, 15) is 0 Å². The van der Waals surface area contributed by atoms with Gasteiger partial charge >= 0.3 is 0 Å². The second-order valence-electron chi connectivity index (χ2n) is 2.40. The third-order valence-corrected chi connectivity index (χ3v) is 1.63. The minimum Gasteiger partial charge on any atom is -0.309 e. The predicted octanol–water partition coefficient (Wildman–Crippen LogP) is 0.473. The molecule has 1 aliphatic rings. The Kier molecular flexibility index (Phi) is 1.76. The fourth-order valence-electron chi connectivity index (χ4n) is 0.910. The van der Waals surface area contributed by atoms with Gasteiger partial charge in [-0.05, 0) is 6.08 Å². The lowest BCUT2D eigenvalue weighted by atomic mass is 9.84. The smallest absolute Gasteiger partial charge is 0.142 e. The highest BCUT2D eigenvalue weighted by molar-refractivity contribution is 5.35. The number of hydrogen-bond acceptors (Lipinski definition) is 3. The Morgan fingerprint density at radius 3 is 2.55 bits per heavy atom.